The predicted octanol–water partition coefficient (Wildman–Crippen LogP) is 0.831. The van der Waals surface area contributed by atoms with Gasteiger partial charge in [-0.2, -0.15) is 4.31 Å². The van der Waals surface area contributed by atoms with Crippen LogP contribution in [0.3, 0.4) is 0 Å². The Morgan fingerprint density at radius 3 is 2.95 bits per heavy atom. The molecule has 1 aliphatic rings. The molecule has 22 heavy (non-hydrogen) atoms. The highest BCUT2D eigenvalue weighted by molar-refractivity contribution is 7.91. The highest BCUT2D eigenvalue weighted by atomic mass is 32.2. The minimum Gasteiger partial charge on any atom is -0.297 e. The number of thiophene rings is 1. The zero-order valence-corrected chi connectivity index (χ0v) is 13.0. The van der Waals surface area contributed by atoms with Crippen LogP contribution in [0.5, 0.6) is 0 Å². The van der Waals surface area contributed by atoms with Gasteiger partial charge in [-0.05, 0) is 11.4 Å². The Balaban J connectivity index is 1.80. The van der Waals surface area contributed by atoms with Crippen LogP contribution < -0.4 is 5.56 Å². The first-order valence-electron chi connectivity index (χ1n) is 6.69. The largest absolute Gasteiger partial charge is 0.297 e. The van der Waals surface area contributed by atoms with Crippen molar-refractivity contribution >= 4 is 27.0 Å². The topological polar surface area (TPSA) is 87.5 Å². The summed E-state index contributed by atoms with van der Waals surface area (Å²) in [5.41, 5.74) is 1.43. The summed E-state index contributed by atoms with van der Waals surface area (Å²) in [5, 5.41) is 4.52. The third-order valence-electron chi connectivity index (χ3n) is 3.75. The van der Waals surface area contributed by atoms with Gasteiger partial charge in [0.1, 0.15) is 4.21 Å². The summed E-state index contributed by atoms with van der Waals surface area (Å²) in [5.74, 6) is 0. The van der Waals surface area contributed by atoms with Gasteiger partial charge >= 0.3 is 0 Å². The van der Waals surface area contributed by atoms with Gasteiger partial charge in [-0.15, -0.1) is 11.3 Å². The average molecular weight is 336 g/mol. The van der Waals surface area contributed by atoms with Crippen LogP contribution >= 0.6 is 11.3 Å². The summed E-state index contributed by atoms with van der Waals surface area (Å²) in [4.78, 5) is 16.9. The van der Waals surface area contributed by atoms with E-state index in [0.717, 1.165) is 0 Å². The van der Waals surface area contributed by atoms with Gasteiger partial charge in [0.2, 0.25) is 0 Å². The van der Waals surface area contributed by atoms with Crippen LogP contribution in [0.2, 0.25) is 0 Å². The number of nitrogens with one attached hydrogen (secondary N) is 1. The third kappa shape index (κ3) is 1.93. The number of rotatable bonds is 2. The van der Waals surface area contributed by atoms with Gasteiger partial charge in [-0.25, -0.2) is 17.9 Å². The van der Waals surface area contributed by atoms with Gasteiger partial charge < -0.3 is 0 Å². The van der Waals surface area contributed by atoms with Crippen LogP contribution in [0.1, 0.15) is 11.3 Å². The van der Waals surface area contributed by atoms with Gasteiger partial charge in [0, 0.05) is 31.8 Å². The van der Waals surface area contributed by atoms with Gasteiger partial charge in [-0.1, -0.05) is 6.07 Å². The molecule has 0 amide bonds. The third-order valence-corrected chi connectivity index (χ3v) is 6.96. The molecular formula is C13H12N4O3S2. The van der Waals surface area contributed by atoms with Crippen molar-refractivity contribution in [1.82, 2.24) is 18.9 Å². The fourth-order valence-electron chi connectivity index (χ4n) is 2.64. The van der Waals surface area contributed by atoms with Crippen LogP contribution in [-0.4, -0.2) is 33.9 Å². The molecule has 3 aromatic rings. The molecule has 0 bridgehead atoms. The monoisotopic (exact) mass is 336 g/mol. The zero-order valence-electron chi connectivity index (χ0n) is 11.4. The Hall–Kier alpha value is -1.97. The quantitative estimate of drug-likeness (QED) is 0.751. The van der Waals surface area contributed by atoms with E-state index in [1.54, 1.807) is 29.8 Å². The molecule has 114 valence electrons. The van der Waals surface area contributed by atoms with Crippen molar-refractivity contribution in [2.24, 2.45) is 0 Å². The lowest BCUT2D eigenvalue weighted by molar-refractivity contribution is 0.386. The number of aromatic nitrogens is 3. The van der Waals surface area contributed by atoms with E-state index in [1.165, 1.54) is 20.2 Å². The molecule has 1 aliphatic heterocycles. The molecule has 9 heteroatoms. The maximum absolute atomic E-state index is 12.6. The van der Waals surface area contributed by atoms with Crippen LogP contribution in [0, 0.1) is 0 Å². The zero-order chi connectivity index (χ0) is 15.3. The molecular weight excluding hydrogens is 324 g/mol. The summed E-state index contributed by atoms with van der Waals surface area (Å²) in [6.07, 6.45) is 2.08. The predicted molar refractivity (Wildman–Crippen MR) is 81.4 cm³/mol. The van der Waals surface area contributed by atoms with E-state index in [0.29, 0.717) is 34.1 Å². The Morgan fingerprint density at radius 1 is 1.32 bits per heavy atom. The van der Waals surface area contributed by atoms with Crippen LogP contribution in [0.25, 0.3) is 5.65 Å². The first-order chi connectivity index (χ1) is 10.6. The summed E-state index contributed by atoms with van der Waals surface area (Å²) < 4.78 is 28.1. The lowest BCUT2D eigenvalue weighted by Gasteiger charge is -2.26. The Bertz CT molecular complexity index is 1000. The molecule has 0 atom stereocenters. The van der Waals surface area contributed by atoms with Crippen molar-refractivity contribution in [2.75, 3.05) is 6.54 Å². The van der Waals surface area contributed by atoms with Gasteiger partial charge in [0.15, 0.2) is 5.65 Å². The van der Waals surface area contributed by atoms with Gasteiger partial charge in [0.25, 0.3) is 15.6 Å². The van der Waals surface area contributed by atoms with E-state index in [-0.39, 0.29) is 12.1 Å². The molecule has 7 nitrogen and oxygen atoms in total. The highest BCUT2D eigenvalue weighted by Gasteiger charge is 2.31. The second-order valence-corrected chi connectivity index (χ2v) is 8.13. The summed E-state index contributed by atoms with van der Waals surface area (Å²) in [6, 6.07) is 5.00. The van der Waals surface area contributed by atoms with E-state index < -0.39 is 10.0 Å². The molecule has 3 aromatic heterocycles. The van der Waals surface area contributed by atoms with E-state index in [1.807, 2.05) is 0 Å². The number of H-pyrrole nitrogens is 1. The molecule has 0 spiro atoms. The SMILES string of the molecule is O=c1c2c(nc3cc[nH]n13)CCN(S(=O)(=O)c1cccs1)C2. The molecule has 0 aromatic carbocycles. The second kappa shape index (κ2) is 4.77. The van der Waals surface area contributed by atoms with Crippen LogP contribution in [-0.2, 0) is 23.0 Å². The van der Waals surface area contributed by atoms with Gasteiger partial charge in [0.05, 0.1) is 11.3 Å². The van der Waals surface area contributed by atoms with Crippen molar-refractivity contribution in [2.45, 2.75) is 17.2 Å². The summed E-state index contributed by atoms with van der Waals surface area (Å²) in [7, 11) is -3.55. The Kier molecular flexibility index (Phi) is 2.96. The fraction of sp³-hybridized carbons (Fsp3) is 0.231. The number of sulfonamides is 1. The average Bonchev–Trinajstić information content (AvgIpc) is 3.18. The van der Waals surface area contributed by atoms with Gasteiger partial charge in [-0.3, -0.25) is 9.89 Å². The van der Waals surface area contributed by atoms with Crippen LogP contribution in [0.15, 0.2) is 38.8 Å². The molecule has 0 fully saturated rings. The Morgan fingerprint density at radius 2 is 2.18 bits per heavy atom. The van der Waals surface area contributed by atoms with Crippen molar-refractivity contribution < 1.29 is 8.42 Å². The number of hydrogen-bond donors (Lipinski definition) is 1. The maximum atomic E-state index is 12.6. The molecule has 0 unspecified atom stereocenters. The lowest BCUT2D eigenvalue weighted by atomic mass is 10.1. The van der Waals surface area contributed by atoms with E-state index in [4.69, 9.17) is 0 Å². The first-order valence-corrected chi connectivity index (χ1v) is 9.01. The van der Waals surface area contributed by atoms with Crippen molar-refractivity contribution in [3.8, 4) is 0 Å². The molecule has 1 N–H and O–H groups in total. The summed E-state index contributed by atoms with van der Waals surface area (Å²) in [6.45, 7) is 0.392. The number of hydrogen-bond acceptors (Lipinski definition) is 5. The lowest BCUT2D eigenvalue weighted by Crippen LogP contribution is -2.39. The maximum Gasteiger partial charge on any atom is 0.277 e. The number of nitrogens with zero attached hydrogens (tertiary/aromatic N) is 3. The van der Waals surface area contributed by atoms with Crippen molar-refractivity contribution in [1.29, 1.82) is 0 Å². The standard InChI is InChI=1S/C13H12N4O3S2/c18-13-9-8-16(22(19,20)12-2-1-7-21-12)6-4-10(9)15-11-3-5-14-17(11)13/h1-3,5,7,14H,4,6,8H2. The van der Waals surface area contributed by atoms with Crippen LogP contribution in [0.4, 0.5) is 0 Å². The van der Waals surface area contributed by atoms with Crippen molar-refractivity contribution in [3.05, 3.63) is 51.4 Å². The molecule has 0 radical (unpaired) electrons. The molecule has 0 saturated carbocycles. The minimum atomic E-state index is -3.55. The van der Waals surface area contributed by atoms with Crippen molar-refractivity contribution in [3.63, 3.8) is 0 Å². The second-order valence-electron chi connectivity index (χ2n) is 5.02. The van der Waals surface area contributed by atoms with E-state index >= 15 is 0 Å². The molecule has 4 heterocycles. The molecule has 4 rings (SSSR count). The first kappa shape index (κ1) is 13.7. The molecule has 0 saturated heterocycles. The minimum absolute atomic E-state index is 0.0589. The molecule has 0 aliphatic carbocycles. The number of fused-ring (bicyclic) bond motifs is 2. The Labute approximate surface area is 129 Å². The normalized spacial score (nSPS) is 16.0. The number of aromatic amines is 1. The highest BCUT2D eigenvalue weighted by Crippen LogP contribution is 2.25. The van der Waals surface area contributed by atoms with E-state index in [2.05, 4.69) is 10.1 Å². The smallest absolute Gasteiger partial charge is 0.277 e. The fourth-order valence-corrected chi connectivity index (χ4v) is 5.19. The van der Waals surface area contributed by atoms with E-state index in [9.17, 15) is 13.2 Å². The summed E-state index contributed by atoms with van der Waals surface area (Å²) >= 11 is 1.18.